The quantitative estimate of drug-likeness (QED) is 0.794. The monoisotopic (exact) mass is 351 g/mol. The highest BCUT2D eigenvalue weighted by Crippen LogP contribution is 2.16. The molecule has 0 spiro atoms. The fourth-order valence-corrected chi connectivity index (χ4v) is 2.46. The van der Waals surface area contributed by atoms with Crippen LogP contribution >= 0.6 is 22.6 Å². The summed E-state index contributed by atoms with van der Waals surface area (Å²) < 4.78 is 3.19. The minimum atomic E-state index is 0.736. The molecule has 0 atom stereocenters. The van der Waals surface area contributed by atoms with Crippen LogP contribution < -0.4 is 0 Å². The molecule has 0 aliphatic rings. The van der Waals surface area contributed by atoms with Crippen LogP contribution in [0.1, 0.15) is 23.1 Å². The van der Waals surface area contributed by atoms with Crippen molar-refractivity contribution in [3.63, 3.8) is 0 Å². The summed E-state index contributed by atoms with van der Waals surface area (Å²) >= 11 is 2.32. The molecule has 0 aliphatic heterocycles. The first-order chi connectivity index (χ1) is 8.69. The molecule has 0 aliphatic carbocycles. The van der Waals surface area contributed by atoms with Crippen LogP contribution in [0.15, 0.2) is 30.6 Å². The maximum absolute atomic E-state index is 8.89. The van der Waals surface area contributed by atoms with E-state index in [1.807, 2.05) is 36.0 Å². The van der Waals surface area contributed by atoms with Crippen LogP contribution in [0.2, 0.25) is 0 Å². The van der Waals surface area contributed by atoms with Gasteiger partial charge in [-0.25, -0.2) is 0 Å². The van der Waals surface area contributed by atoms with Gasteiger partial charge in [0.2, 0.25) is 0 Å². The Bertz CT molecular complexity index is 581. The predicted molar refractivity (Wildman–Crippen MR) is 79.2 cm³/mol. The van der Waals surface area contributed by atoms with E-state index in [0.717, 1.165) is 24.9 Å². The fourth-order valence-electron chi connectivity index (χ4n) is 1.86. The molecule has 0 bridgehead atoms. The number of nitrogens with zero attached hydrogens (tertiary/aromatic N) is 3. The number of nitriles is 1. The lowest BCUT2D eigenvalue weighted by atomic mass is 10.1. The number of benzene rings is 1. The van der Waals surface area contributed by atoms with Gasteiger partial charge in [-0.05, 0) is 71.7 Å². The molecule has 2 rings (SSSR count). The van der Waals surface area contributed by atoms with Crippen LogP contribution in [0.3, 0.4) is 0 Å². The van der Waals surface area contributed by atoms with Gasteiger partial charge < -0.3 is 0 Å². The zero-order valence-corrected chi connectivity index (χ0v) is 12.4. The van der Waals surface area contributed by atoms with Crippen molar-refractivity contribution in [2.45, 2.75) is 26.3 Å². The average Bonchev–Trinajstić information content (AvgIpc) is 2.77. The number of aromatic nitrogens is 2. The Balaban J connectivity index is 1.96. The highest BCUT2D eigenvalue weighted by molar-refractivity contribution is 14.1. The van der Waals surface area contributed by atoms with Gasteiger partial charge in [-0.3, -0.25) is 4.68 Å². The first kappa shape index (κ1) is 13.1. The smallest absolute Gasteiger partial charge is 0.0991 e. The summed E-state index contributed by atoms with van der Waals surface area (Å²) in [5.74, 6) is 0. The molecule has 0 saturated carbocycles. The van der Waals surface area contributed by atoms with Crippen LogP contribution in [-0.4, -0.2) is 9.78 Å². The van der Waals surface area contributed by atoms with Crippen molar-refractivity contribution < 1.29 is 0 Å². The lowest BCUT2D eigenvalue weighted by molar-refractivity contribution is 0.578. The number of hydrogen-bond donors (Lipinski definition) is 0. The summed E-state index contributed by atoms with van der Waals surface area (Å²) in [6.07, 6.45) is 5.94. The molecule has 0 fully saturated rings. The fraction of sp³-hybridized carbons (Fsp3) is 0.286. The van der Waals surface area contributed by atoms with Gasteiger partial charge in [0.15, 0.2) is 0 Å². The van der Waals surface area contributed by atoms with Crippen molar-refractivity contribution in [1.29, 1.82) is 5.26 Å². The minimum Gasteiger partial charge on any atom is -0.272 e. The summed E-state index contributed by atoms with van der Waals surface area (Å²) in [4.78, 5) is 0. The highest BCUT2D eigenvalue weighted by Gasteiger charge is 2.02. The normalized spacial score (nSPS) is 10.3. The Labute approximate surface area is 121 Å². The first-order valence-electron chi connectivity index (χ1n) is 5.86. The number of rotatable bonds is 4. The summed E-state index contributed by atoms with van der Waals surface area (Å²) in [5.41, 5.74) is 3.18. The number of halogens is 1. The number of aryl methyl sites for hydroxylation is 3. The van der Waals surface area contributed by atoms with Gasteiger partial charge in [0.25, 0.3) is 0 Å². The van der Waals surface area contributed by atoms with E-state index < -0.39 is 0 Å². The van der Waals surface area contributed by atoms with Gasteiger partial charge >= 0.3 is 0 Å². The molecule has 1 aromatic heterocycles. The highest BCUT2D eigenvalue weighted by atomic mass is 127. The zero-order chi connectivity index (χ0) is 13.0. The van der Waals surface area contributed by atoms with Crippen molar-refractivity contribution in [3.05, 3.63) is 50.9 Å². The third kappa shape index (κ3) is 3.33. The Morgan fingerprint density at radius 1 is 1.44 bits per heavy atom. The van der Waals surface area contributed by atoms with Gasteiger partial charge in [0.05, 0.1) is 17.8 Å². The first-order valence-corrected chi connectivity index (χ1v) is 6.94. The van der Waals surface area contributed by atoms with E-state index >= 15 is 0 Å². The lowest BCUT2D eigenvalue weighted by Gasteiger charge is -2.05. The third-order valence-corrected chi connectivity index (χ3v) is 3.82. The molecule has 1 heterocycles. The largest absolute Gasteiger partial charge is 0.272 e. The van der Waals surface area contributed by atoms with E-state index in [-0.39, 0.29) is 0 Å². The molecule has 2 aromatic rings. The van der Waals surface area contributed by atoms with Crippen LogP contribution in [0.25, 0.3) is 0 Å². The molecule has 0 unspecified atom stereocenters. The van der Waals surface area contributed by atoms with Crippen LogP contribution in [0, 0.1) is 21.8 Å². The Morgan fingerprint density at radius 3 is 2.94 bits per heavy atom. The van der Waals surface area contributed by atoms with Gasteiger partial charge in [0, 0.05) is 16.3 Å². The second kappa shape index (κ2) is 6.01. The van der Waals surface area contributed by atoms with Crippen LogP contribution in [-0.2, 0) is 13.0 Å². The molecule has 0 saturated heterocycles. The van der Waals surface area contributed by atoms with Gasteiger partial charge in [-0.2, -0.15) is 10.4 Å². The van der Waals surface area contributed by atoms with E-state index in [4.69, 9.17) is 5.26 Å². The Morgan fingerprint density at radius 2 is 2.28 bits per heavy atom. The Kier molecular flexibility index (Phi) is 4.37. The van der Waals surface area contributed by atoms with E-state index in [1.165, 1.54) is 14.7 Å². The number of hydrogen-bond acceptors (Lipinski definition) is 2. The minimum absolute atomic E-state index is 0.736. The van der Waals surface area contributed by atoms with E-state index in [0.29, 0.717) is 0 Å². The van der Waals surface area contributed by atoms with Crippen LogP contribution in [0.5, 0.6) is 0 Å². The van der Waals surface area contributed by atoms with E-state index in [2.05, 4.69) is 40.0 Å². The molecule has 0 radical (unpaired) electrons. The van der Waals surface area contributed by atoms with Crippen molar-refractivity contribution in [3.8, 4) is 6.07 Å². The van der Waals surface area contributed by atoms with Gasteiger partial charge in [0.1, 0.15) is 0 Å². The standard InChI is InChI=1S/C14H14IN3/c1-11-9-17-18(10-11)6-2-3-13-7-12(8-16)4-5-14(13)15/h4-5,7,9-10H,2-3,6H2,1H3. The van der Waals surface area contributed by atoms with E-state index in [1.54, 1.807) is 0 Å². The van der Waals surface area contributed by atoms with E-state index in [9.17, 15) is 0 Å². The van der Waals surface area contributed by atoms with Gasteiger partial charge in [-0.15, -0.1) is 0 Å². The molecule has 0 N–H and O–H groups in total. The lowest BCUT2D eigenvalue weighted by Crippen LogP contribution is -2.01. The molecule has 92 valence electrons. The summed E-state index contributed by atoms with van der Waals surface area (Å²) in [5, 5.41) is 13.2. The molecule has 0 amide bonds. The van der Waals surface area contributed by atoms with Crippen molar-refractivity contribution in [1.82, 2.24) is 9.78 Å². The summed E-state index contributed by atoms with van der Waals surface area (Å²) in [7, 11) is 0. The molecule has 1 aromatic carbocycles. The molecule has 4 heteroatoms. The van der Waals surface area contributed by atoms with Crippen molar-refractivity contribution >= 4 is 22.6 Å². The topological polar surface area (TPSA) is 41.6 Å². The summed E-state index contributed by atoms with van der Waals surface area (Å²) in [6.45, 7) is 2.96. The molecular formula is C14H14IN3. The second-order valence-electron chi connectivity index (χ2n) is 4.30. The Hall–Kier alpha value is -1.35. The third-order valence-electron chi connectivity index (χ3n) is 2.77. The average molecular weight is 351 g/mol. The predicted octanol–water partition coefficient (Wildman–Crippen LogP) is 3.30. The maximum atomic E-state index is 8.89. The second-order valence-corrected chi connectivity index (χ2v) is 5.46. The van der Waals surface area contributed by atoms with Crippen molar-refractivity contribution in [2.75, 3.05) is 0 Å². The molecular weight excluding hydrogens is 337 g/mol. The summed E-state index contributed by atoms with van der Waals surface area (Å²) in [6, 6.07) is 8.04. The molecule has 3 nitrogen and oxygen atoms in total. The SMILES string of the molecule is Cc1cnn(CCCc2cc(C#N)ccc2I)c1. The van der Waals surface area contributed by atoms with Gasteiger partial charge in [-0.1, -0.05) is 0 Å². The molecule has 18 heavy (non-hydrogen) atoms. The van der Waals surface area contributed by atoms with Crippen molar-refractivity contribution in [2.24, 2.45) is 0 Å². The maximum Gasteiger partial charge on any atom is 0.0991 e. The zero-order valence-electron chi connectivity index (χ0n) is 10.2. The van der Waals surface area contributed by atoms with Crippen LogP contribution in [0.4, 0.5) is 0 Å².